The molecule has 0 radical (unpaired) electrons. The molecule has 28 heavy (non-hydrogen) atoms. The minimum absolute atomic E-state index is 0.273. The van der Waals surface area contributed by atoms with Crippen molar-refractivity contribution in [2.45, 2.75) is 51.9 Å². The largest absolute Gasteiger partial charge is 0.371 e. The summed E-state index contributed by atoms with van der Waals surface area (Å²) >= 11 is 0. The first-order valence-electron chi connectivity index (χ1n) is 10.2. The Morgan fingerprint density at radius 3 is 2.50 bits per heavy atom. The lowest BCUT2D eigenvalue weighted by atomic mass is 10.0. The van der Waals surface area contributed by atoms with Crippen LogP contribution in [0.3, 0.4) is 0 Å². The molecular formula is C23H32N2O2S. The van der Waals surface area contributed by atoms with Crippen molar-refractivity contribution in [1.29, 1.82) is 0 Å². The quantitative estimate of drug-likeness (QED) is 0.751. The summed E-state index contributed by atoms with van der Waals surface area (Å²) in [6.45, 7) is 10.3. The lowest BCUT2D eigenvalue weighted by Crippen LogP contribution is -2.34. The van der Waals surface area contributed by atoms with E-state index in [1.165, 1.54) is 17.7 Å². The van der Waals surface area contributed by atoms with Crippen molar-refractivity contribution in [1.82, 2.24) is 4.72 Å². The third-order valence-corrected chi connectivity index (χ3v) is 7.32. The molecule has 1 heterocycles. The maximum atomic E-state index is 12.8. The van der Waals surface area contributed by atoms with E-state index < -0.39 is 10.0 Å². The fraction of sp³-hybridized carbons (Fsp3) is 0.478. The molecule has 1 unspecified atom stereocenters. The van der Waals surface area contributed by atoms with Gasteiger partial charge in [-0.1, -0.05) is 42.8 Å². The third kappa shape index (κ3) is 4.76. The van der Waals surface area contributed by atoms with E-state index in [1.807, 2.05) is 32.9 Å². The number of hydrogen-bond acceptors (Lipinski definition) is 3. The van der Waals surface area contributed by atoms with Crippen LogP contribution < -0.4 is 9.62 Å². The average molecular weight is 401 g/mol. The van der Waals surface area contributed by atoms with Gasteiger partial charge in [0, 0.05) is 25.3 Å². The van der Waals surface area contributed by atoms with E-state index in [0.717, 1.165) is 42.6 Å². The van der Waals surface area contributed by atoms with Gasteiger partial charge in [-0.3, -0.25) is 0 Å². The van der Waals surface area contributed by atoms with Gasteiger partial charge >= 0.3 is 0 Å². The molecule has 2 aromatic rings. The second kappa shape index (κ2) is 8.66. The summed E-state index contributed by atoms with van der Waals surface area (Å²) in [6.07, 6.45) is 3.30. The number of sulfonamides is 1. The first-order valence-corrected chi connectivity index (χ1v) is 11.7. The van der Waals surface area contributed by atoms with E-state index in [2.05, 4.69) is 40.8 Å². The topological polar surface area (TPSA) is 49.4 Å². The summed E-state index contributed by atoms with van der Waals surface area (Å²) in [5, 5.41) is 0. The number of anilines is 1. The standard InChI is InChI=1S/C23H32N2O2S/c1-17(11-13-25-12-7-9-21-8-5-6-10-22(21)25)16-24-28(26,27)23-19(3)14-18(2)15-20(23)4/h5-6,8,10,14-15,17,24H,7,9,11-13,16H2,1-4H3. The lowest BCUT2D eigenvalue weighted by Gasteiger charge is -2.32. The number of aryl methyl sites for hydroxylation is 4. The van der Waals surface area contributed by atoms with Crippen molar-refractivity contribution < 1.29 is 8.42 Å². The molecule has 2 aromatic carbocycles. The van der Waals surface area contributed by atoms with Gasteiger partial charge in [0.05, 0.1) is 4.90 Å². The summed E-state index contributed by atoms with van der Waals surface area (Å²) in [5.74, 6) is 0.273. The van der Waals surface area contributed by atoms with E-state index in [-0.39, 0.29) is 5.92 Å². The first kappa shape index (κ1) is 20.9. The molecular weight excluding hydrogens is 368 g/mol. The number of rotatable bonds is 7. The normalized spacial score (nSPS) is 15.4. The van der Waals surface area contributed by atoms with Gasteiger partial charge in [-0.15, -0.1) is 0 Å². The van der Waals surface area contributed by atoms with Crippen LogP contribution in [0.4, 0.5) is 5.69 Å². The second-order valence-corrected chi connectivity index (χ2v) is 9.90. The molecule has 0 spiro atoms. The van der Waals surface area contributed by atoms with Crippen LogP contribution >= 0.6 is 0 Å². The molecule has 0 aromatic heterocycles. The highest BCUT2D eigenvalue weighted by Gasteiger charge is 2.21. The van der Waals surface area contributed by atoms with Crippen molar-refractivity contribution in [2.75, 3.05) is 24.5 Å². The Morgan fingerprint density at radius 2 is 1.79 bits per heavy atom. The van der Waals surface area contributed by atoms with E-state index in [4.69, 9.17) is 0 Å². The summed E-state index contributed by atoms with van der Waals surface area (Å²) < 4.78 is 28.5. The van der Waals surface area contributed by atoms with Gasteiger partial charge in [0.1, 0.15) is 0 Å². The van der Waals surface area contributed by atoms with Gasteiger partial charge < -0.3 is 4.90 Å². The zero-order chi connectivity index (χ0) is 20.3. The minimum atomic E-state index is -3.49. The Kier molecular flexibility index (Phi) is 6.46. The summed E-state index contributed by atoms with van der Waals surface area (Å²) in [4.78, 5) is 2.87. The van der Waals surface area contributed by atoms with E-state index >= 15 is 0 Å². The molecule has 5 heteroatoms. The fourth-order valence-electron chi connectivity index (χ4n) is 4.24. The number of nitrogens with one attached hydrogen (secondary N) is 1. The van der Waals surface area contributed by atoms with Crippen molar-refractivity contribution in [3.8, 4) is 0 Å². The monoisotopic (exact) mass is 400 g/mol. The number of nitrogens with zero attached hydrogens (tertiary/aromatic N) is 1. The highest BCUT2D eigenvalue weighted by molar-refractivity contribution is 7.89. The molecule has 1 aliphatic heterocycles. The Morgan fingerprint density at radius 1 is 1.11 bits per heavy atom. The molecule has 0 bridgehead atoms. The highest BCUT2D eigenvalue weighted by Crippen LogP contribution is 2.27. The van der Waals surface area contributed by atoms with Crippen LogP contribution in [-0.4, -0.2) is 28.1 Å². The molecule has 3 rings (SSSR count). The zero-order valence-corrected chi connectivity index (χ0v) is 18.3. The molecule has 1 N–H and O–H groups in total. The molecule has 1 atom stereocenters. The lowest BCUT2D eigenvalue weighted by molar-refractivity contribution is 0.501. The van der Waals surface area contributed by atoms with Crippen molar-refractivity contribution in [2.24, 2.45) is 5.92 Å². The van der Waals surface area contributed by atoms with Crippen molar-refractivity contribution >= 4 is 15.7 Å². The average Bonchev–Trinajstić information content (AvgIpc) is 2.63. The van der Waals surface area contributed by atoms with Crippen molar-refractivity contribution in [3.05, 3.63) is 58.7 Å². The smallest absolute Gasteiger partial charge is 0.241 e. The second-order valence-electron chi connectivity index (χ2n) is 8.19. The molecule has 4 nitrogen and oxygen atoms in total. The summed E-state index contributed by atoms with van der Waals surface area (Å²) in [6, 6.07) is 12.5. The number of fused-ring (bicyclic) bond motifs is 1. The van der Waals surface area contributed by atoms with Crippen LogP contribution in [-0.2, 0) is 16.4 Å². The van der Waals surface area contributed by atoms with Gasteiger partial charge in [0.25, 0.3) is 0 Å². The van der Waals surface area contributed by atoms with Crippen LogP contribution in [0.15, 0.2) is 41.3 Å². The predicted octanol–water partition coefficient (Wildman–Crippen LogP) is 4.37. The molecule has 0 saturated heterocycles. The highest BCUT2D eigenvalue weighted by atomic mass is 32.2. The summed E-state index contributed by atoms with van der Waals surface area (Å²) in [5.41, 5.74) is 5.47. The molecule has 0 amide bonds. The van der Waals surface area contributed by atoms with Gasteiger partial charge in [-0.25, -0.2) is 13.1 Å². The SMILES string of the molecule is Cc1cc(C)c(S(=O)(=O)NCC(C)CCN2CCCc3ccccc32)c(C)c1. The van der Waals surface area contributed by atoms with Gasteiger partial charge in [-0.2, -0.15) is 0 Å². The molecule has 0 saturated carbocycles. The van der Waals surface area contributed by atoms with Gasteiger partial charge in [0.2, 0.25) is 10.0 Å². The van der Waals surface area contributed by atoms with E-state index in [9.17, 15) is 8.42 Å². The number of benzene rings is 2. The molecule has 1 aliphatic rings. The minimum Gasteiger partial charge on any atom is -0.371 e. The molecule has 0 aliphatic carbocycles. The van der Waals surface area contributed by atoms with E-state index in [0.29, 0.717) is 11.4 Å². The Bertz CT molecular complexity index is 914. The van der Waals surface area contributed by atoms with Crippen LogP contribution in [0, 0.1) is 26.7 Å². The predicted molar refractivity (Wildman–Crippen MR) is 117 cm³/mol. The maximum Gasteiger partial charge on any atom is 0.241 e. The Balaban J connectivity index is 1.58. The Labute approximate surface area is 170 Å². The molecule has 0 fully saturated rings. The number of para-hydroxylation sites is 1. The van der Waals surface area contributed by atoms with Crippen LogP contribution in [0.25, 0.3) is 0 Å². The first-order chi connectivity index (χ1) is 13.3. The van der Waals surface area contributed by atoms with E-state index in [1.54, 1.807) is 0 Å². The number of hydrogen-bond donors (Lipinski definition) is 1. The van der Waals surface area contributed by atoms with Crippen LogP contribution in [0.2, 0.25) is 0 Å². The third-order valence-electron chi connectivity index (χ3n) is 5.59. The zero-order valence-electron chi connectivity index (χ0n) is 17.5. The van der Waals surface area contributed by atoms with Gasteiger partial charge in [-0.05, 0) is 68.7 Å². The van der Waals surface area contributed by atoms with Gasteiger partial charge in [0.15, 0.2) is 0 Å². The van der Waals surface area contributed by atoms with Crippen LogP contribution in [0.5, 0.6) is 0 Å². The van der Waals surface area contributed by atoms with Crippen LogP contribution in [0.1, 0.15) is 42.0 Å². The molecule has 152 valence electrons. The Hall–Kier alpha value is -1.85. The van der Waals surface area contributed by atoms with Crippen molar-refractivity contribution in [3.63, 3.8) is 0 Å². The maximum absolute atomic E-state index is 12.8. The fourth-order valence-corrected chi connectivity index (χ4v) is 5.85. The summed E-state index contributed by atoms with van der Waals surface area (Å²) in [7, 11) is -3.49.